The average Bonchev–Trinajstić information content (AvgIpc) is 1.80. The molecule has 0 aliphatic heterocycles. The van der Waals surface area contributed by atoms with Crippen LogP contribution in [-0.4, -0.2) is 16.8 Å². The van der Waals surface area contributed by atoms with E-state index in [1.165, 1.54) is 0 Å². The Morgan fingerprint density at radius 2 is 2.00 bits per heavy atom. The standard InChI is InChI=1S/C8H16BrNO/c1-6(2)5-10-7(11)8(3,4)9/h6H,5H2,1-4H3,(H,10,11). The van der Waals surface area contributed by atoms with Crippen molar-refractivity contribution in [2.45, 2.75) is 32.0 Å². The van der Waals surface area contributed by atoms with Gasteiger partial charge in [0.15, 0.2) is 0 Å². The van der Waals surface area contributed by atoms with E-state index < -0.39 is 4.32 Å². The number of amides is 1. The molecule has 11 heavy (non-hydrogen) atoms. The van der Waals surface area contributed by atoms with Crippen molar-refractivity contribution < 1.29 is 4.79 Å². The maximum absolute atomic E-state index is 11.2. The third-order valence-electron chi connectivity index (χ3n) is 1.21. The summed E-state index contributed by atoms with van der Waals surface area (Å²) in [5.41, 5.74) is 0. The third kappa shape index (κ3) is 5.24. The van der Waals surface area contributed by atoms with Gasteiger partial charge in [0.2, 0.25) is 5.91 Å². The van der Waals surface area contributed by atoms with Crippen LogP contribution in [0.15, 0.2) is 0 Å². The number of alkyl halides is 1. The van der Waals surface area contributed by atoms with Crippen molar-refractivity contribution in [1.29, 1.82) is 0 Å². The molecular weight excluding hydrogens is 206 g/mol. The second kappa shape index (κ2) is 4.10. The Hall–Kier alpha value is -0.0500. The van der Waals surface area contributed by atoms with E-state index in [1.54, 1.807) is 0 Å². The predicted molar refractivity (Wildman–Crippen MR) is 50.9 cm³/mol. The predicted octanol–water partition coefficient (Wildman–Crippen LogP) is 1.93. The largest absolute Gasteiger partial charge is 0.355 e. The molecule has 0 aliphatic carbocycles. The molecule has 0 aromatic carbocycles. The van der Waals surface area contributed by atoms with Crippen molar-refractivity contribution in [2.75, 3.05) is 6.54 Å². The summed E-state index contributed by atoms with van der Waals surface area (Å²) >= 11 is 3.28. The minimum atomic E-state index is -0.443. The van der Waals surface area contributed by atoms with Gasteiger partial charge >= 0.3 is 0 Å². The molecular formula is C8H16BrNO. The fraction of sp³-hybridized carbons (Fsp3) is 0.875. The SMILES string of the molecule is CC(C)CNC(=O)C(C)(C)Br. The van der Waals surface area contributed by atoms with Gasteiger partial charge < -0.3 is 5.32 Å². The lowest BCUT2D eigenvalue weighted by atomic mass is 10.2. The number of halogens is 1. The lowest BCUT2D eigenvalue weighted by Gasteiger charge is -2.16. The number of hydrogen-bond donors (Lipinski definition) is 1. The van der Waals surface area contributed by atoms with Crippen molar-refractivity contribution in [2.24, 2.45) is 5.92 Å². The normalized spacial score (nSPS) is 11.8. The highest BCUT2D eigenvalue weighted by Gasteiger charge is 2.22. The molecule has 0 radical (unpaired) electrons. The molecule has 3 heteroatoms. The second-order valence-electron chi connectivity index (χ2n) is 3.58. The molecule has 0 aliphatic rings. The van der Waals surface area contributed by atoms with Crippen molar-refractivity contribution in [1.82, 2.24) is 5.32 Å². The lowest BCUT2D eigenvalue weighted by molar-refractivity contribution is -0.122. The van der Waals surface area contributed by atoms with E-state index in [9.17, 15) is 4.79 Å². The van der Waals surface area contributed by atoms with E-state index in [1.807, 2.05) is 13.8 Å². The molecule has 0 saturated heterocycles. The minimum Gasteiger partial charge on any atom is -0.355 e. The van der Waals surface area contributed by atoms with Crippen LogP contribution in [-0.2, 0) is 4.79 Å². The molecule has 0 unspecified atom stereocenters. The zero-order valence-electron chi connectivity index (χ0n) is 7.57. The highest BCUT2D eigenvalue weighted by molar-refractivity contribution is 9.10. The quantitative estimate of drug-likeness (QED) is 0.726. The third-order valence-corrected chi connectivity index (χ3v) is 1.57. The highest BCUT2D eigenvalue weighted by Crippen LogP contribution is 2.15. The van der Waals surface area contributed by atoms with Gasteiger partial charge in [0.25, 0.3) is 0 Å². The van der Waals surface area contributed by atoms with Crippen molar-refractivity contribution >= 4 is 21.8 Å². The summed E-state index contributed by atoms with van der Waals surface area (Å²) in [7, 11) is 0. The molecule has 0 aromatic rings. The van der Waals surface area contributed by atoms with Crippen molar-refractivity contribution in [3.05, 3.63) is 0 Å². The summed E-state index contributed by atoms with van der Waals surface area (Å²) in [6, 6.07) is 0. The maximum Gasteiger partial charge on any atom is 0.236 e. The molecule has 0 atom stereocenters. The van der Waals surface area contributed by atoms with E-state index in [0.717, 1.165) is 6.54 Å². The summed E-state index contributed by atoms with van der Waals surface area (Å²) in [5, 5.41) is 2.84. The number of carbonyl (C=O) groups is 1. The van der Waals surface area contributed by atoms with Crippen LogP contribution >= 0.6 is 15.9 Å². The lowest BCUT2D eigenvalue weighted by Crippen LogP contribution is -2.39. The van der Waals surface area contributed by atoms with Crippen LogP contribution in [0.1, 0.15) is 27.7 Å². The fourth-order valence-corrected chi connectivity index (χ4v) is 0.647. The van der Waals surface area contributed by atoms with Crippen molar-refractivity contribution in [3.8, 4) is 0 Å². The first-order valence-electron chi connectivity index (χ1n) is 3.81. The summed E-state index contributed by atoms with van der Waals surface area (Å²) in [6.07, 6.45) is 0. The minimum absolute atomic E-state index is 0.0474. The van der Waals surface area contributed by atoms with Gasteiger partial charge in [0.1, 0.15) is 0 Å². The molecule has 2 nitrogen and oxygen atoms in total. The topological polar surface area (TPSA) is 29.1 Å². The Labute approximate surface area is 76.9 Å². The first-order valence-corrected chi connectivity index (χ1v) is 4.60. The smallest absolute Gasteiger partial charge is 0.236 e. The van der Waals surface area contributed by atoms with Crippen LogP contribution < -0.4 is 5.32 Å². The molecule has 0 fully saturated rings. The Morgan fingerprint density at radius 3 is 2.27 bits per heavy atom. The summed E-state index contributed by atoms with van der Waals surface area (Å²) in [5.74, 6) is 0.556. The number of carbonyl (C=O) groups excluding carboxylic acids is 1. The van der Waals surface area contributed by atoms with E-state index >= 15 is 0 Å². The van der Waals surface area contributed by atoms with Gasteiger partial charge in [-0.15, -0.1) is 0 Å². The Kier molecular flexibility index (Phi) is 4.08. The first-order chi connectivity index (χ1) is 4.84. The second-order valence-corrected chi connectivity index (χ2v) is 5.56. The maximum atomic E-state index is 11.2. The monoisotopic (exact) mass is 221 g/mol. The molecule has 1 amide bonds. The van der Waals surface area contributed by atoms with E-state index in [-0.39, 0.29) is 5.91 Å². The van der Waals surface area contributed by atoms with Gasteiger partial charge in [-0.1, -0.05) is 29.8 Å². The van der Waals surface area contributed by atoms with Gasteiger partial charge in [0, 0.05) is 6.54 Å². The van der Waals surface area contributed by atoms with Gasteiger partial charge in [-0.25, -0.2) is 0 Å². The number of nitrogens with one attached hydrogen (secondary N) is 1. The zero-order chi connectivity index (χ0) is 9.07. The molecule has 0 aromatic heterocycles. The van der Waals surface area contributed by atoms with E-state index in [4.69, 9.17) is 0 Å². The number of hydrogen-bond acceptors (Lipinski definition) is 1. The van der Waals surface area contributed by atoms with E-state index in [2.05, 4.69) is 35.1 Å². The molecule has 0 heterocycles. The fourth-order valence-electron chi connectivity index (χ4n) is 0.507. The Morgan fingerprint density at radius 1 is 1.55 bits per heavy atom. The Bertz CT molecular complexity index is 138. The molecule has 1 N–H and O–H groups in total. The molecule has 0 spiro atoms. The summed E-state index contributed by atoms with van der Waals surface area (Å²) in [4.78, 5) is 11.2. The molecule has 0 bridgehead atoms. The highest BCUT2D eigenvalue weighted by atomic mass is 79.9. The van der Waals surface area contributed by atoms with Crippen LogP contribution in [0.3, 0.4) is 0 Å². The van der Waals surface area contributed by atoms with Crippen LogP contribution in [0.2, 0.25) is 0 Å². The van der Waals surface area contributed by atoms with Crippen molar-refractivity contribution in [3.63, 3.8) is 0 Å². The molecule has 0 rings (SSSR count). The summed E-state index contributed by atoms with van der Waals surface area (Å²) in [6.45, 7) is 8.56. The van der Waals surface area contributed by atoms with Gasteiger partial charge in [-0.2, -0.15) is 0 Å². The van der Waals surface area contributed by atoms with Crippen LogP contribution in [0.4, 0.5) is 0 Å². The van der Waals surface area contributed by atoms with Crippen LogP contribution in [0, 0.1) is 5.92 Å². The summed E-state index contributed by atoms with van der Waals surface area (Å²) < 4.78 is -0.443. The van der Waals surface area contributed by atoms with Crippen LogP contribution in [0.25, 0.3) is 0 Å². The van der Waals surface area contributed by atoms with Crippen LogP contribution in [0.5, 0.6) is 0 Å². The molecule has 66 valence electrons. The van der Waals surface area contributed by atoms with Gasteiger partial charge in [-0.3, -0.25) is 4.79 Å². The van der Waals surface area contributed by atoms with Gasteiger partial charge in [0.05, 0.1) is 4.32 Å². The Balaban J connectivity index is 3.71. The zero-order valence-corrected chi connectivity index (χ0v) is 9.16. The van der Waals surface area contributed by atoms with Gasteiger partial charge in [-0.05, 0) is 19.8 Å². The molecule has 0 saturated carbocycles. The first kappa shape index (κ1) is 11.0. The van der Waals surface area contributed by atoms with E-state index in [0.29, 0.717) is 5.92 Å². The average molecular weight is 222 g/mol. The number of rotatable bonds is 3.